The van der Waals surface area contributed by atoms with E-state index in [4.69, 9.17) is 5.73 Å². The summed E-state index contributed by atoms with van der Waals surface area (Å²) < 4.78 is 0. The van der Waals surface area contributed by atoms with Gasteiger partial charge in [-0.15, -0.1) is 0 Å². The highest BCUT2D eigenvalue weighted by molar-refractivity contribution is 5.92. The van der Waals surface area contributed by atoms with Gasteiger partial charge in [-0.1, -0.05) is 12.1 Å². The maximum absolute atomic E-state index is 12.1. The van der Waals surface area contributed by atoms with Crippen LogP contribution >= 0.6 is 0 Å². The molecule has 1 atom stereocenters. The molecule has 1 aliphatic rings. The smallest absolute Gasteiger partial charge is 0.248 e. The summed E-state index contributed by atoms with van der Waals surface area (Å²) >= 11 is 0. The second-order valence-electron chi connectivity index (χ2n) is 5.37. The van der Waals surface area contributed by atoms with Crippen LogP contribution in [0.1, 0.15) is 28.8 Å². The van der Waals surface area contributed by atoms with E-state index in [1.165, 1.54) is 0 Å². The van der Waals surface area contributed by atoms with E-state index in [2.05, 4.69) is 5.32 Å². The van der Waals surface area contributed by atoms with E-state index in [-0.39, 0.29) is 5.91 Å². The molecule has 1 aliphatic heterocycles. The number of rotatable bonds is 5. The fourth-order valence-electron chi connectivity index (χ4n) is 2.43. The Morgan fingerprint density at radius 2 is 2.05 bits per heavy atom. The zero-order valence-electron chi connectivity index (χ0n) is 11.8. The van der Waals surface area contributed by atoms with Crippen LogP contribution in [0, 0.1) is 5.92 Å². The highest BCUT2D eigenvalue weighted by Crippen LogP contribution is 2.14. The summed E-state index contributed by atoms with van der Waals surface area (Å²) in [6.07, 6.45) is 1.68. The molecule has 108 valence electrons. The van der Waals surface area contributed by atoms with Crippen molar-refractivity contribution in [3.05, 3.63) is 35.4 Å². The number of hydrogen-bond acceptors (Lipinski definition) is 3. The van der Waals surface area contributed by atoms with Crippen molar-refractivity contribution in [2.75, 3.05) is 20.1 Å². The van der Waals surface area contributed by atoms with Crippen LogP contribution in [0.25, 0.3) is 0 Å². The van der Waals surface area contributed by atoms with Crippen LogP contribution in [-0.4, -0.2) is 36.9 Å². The Hall–Kier alpha value is -1.88. The largest absolute Gasteiger partial charge is 0.366 e. The Kier molecular flexibility index (Phi) is 4.74. The molecule has 5 heteroatoms. The third-order valence-corrected chi connectivity index (χ3v) is 3.71. The minimum absolute atomic E-state index is 0.165. The number of carbonyl (C=O) groups excluding carboxylic acids is 2. The second-order valence-corrected chi connectivity index (χ2v) is 5.37. The van der Waals surface area contributed by atoms with Gasteiger partial charge in [0.05, 0.1) is 0 Å². The SMILES string of the molecule is CN(Cc1ccc(C(N)=O)cc1)C(=O)CC1CCNC1. The molecule has 0 aliphatic carbocycles. The third kappa shape index (κ3) is 3.81. The van der Waals surface area contributed by atoms with Crippen molar-refractivity contribution >= 4 is 11.8 Å². The lowest BCUT2D eigenvalue weighted by molar-refractivity contribution is -0.131. The van der Waals surface area contributed by atoms with Gasteiger partial charge in [0.2, 0.25) is 11.8 Å². The predicted molar refractivity (Wildman–Crippen MR) is 77.0 cm³/mol. The summed E-state index contributed by atoms with van der Waals surface area (Å²) in [5, 5.41) is 3.27. The van der Waals surface area contributed by atoms with Gasteiger partial charge >= 0.3 is 0 Å². The number of nitrogens with zero attached hydrogens (tertiary/aromatic N) is 1. The van der Waals surface area contributed by atoms with Crippen molar-refractivity contribution < 1.29 is 9.59 Å². The van der Waals surface area contributed by atoms with Crippen LogP contribution in [0.3, 0.4) is 0 Å². The summed E-state index contributed by atoms with van der Waals surface area (Å²) in [4.78, 5) is 24.8. The fourth-order valence-corrected chi connectivity index (χ4v) is 2.43. The lowest BCUT2D eigenvalue weighted by atomic mass is 10.0. The van der Waals surface area contributed by atoms with E-state index < -0.39 is 5.91 Å². The molecule has 1 unspecified atom stereocenters. The highest BCUT2D eigenvalue weighted by atomic mass is 16.2. The van der Waals surface area contributed by atoms with Crippen molar-refractivity contribution in [1.82, 2.24) is 10.2 Å². The summed E-state index contributed by atoms with van der Waals surface area (Å²) in [7, 11) is 1.81. The number of amides is 2. The monoisotopic (exact) mass is 275 g/mol. The van der Waals surface area contributed by atoms with Crippen LogP contribution in [-0.2, 0) is 11.3 Å². The Balaban J connectivity index is 1.87. The maximum Gasteiger partial charge on any atom is 0.248 e. The lowest BCUT2D eigenvalue weighted by Crippen LogP contribution is -2.28. The third-order valence-electron chi connectivity index (χ3n) is 3.71. The van der Waals surface area contributed by atoms with Gasteiger partial charge in [0.25, 0.3) is 0 Å². The van der Waals surface area contributed by atoms with Crippen LogP contribution in [0.2, 0.25) is 0 Å². The molecule has 0 aromatic heterocycles. The molecule has 0 radical (unpaired) electrons. The molecule has 0 bridgehead atoms. The molecule has 1 saturated heterocycles. The summed E-state index contributed by atoms with van der Waals surface area (Å²) in [5.74, 6) is 0.189. The van der Waals surface area contributed by atoms with Gasteiger partial charge in [0.1, 0.15) is 0 Å². The summed E-state index contributed by atoms with van der Waals surface area (Å²) in [6.45, 7) is 2.50. The zero-order valence-corrected chi connectivity index (χ0v) is 11.8. The molecule has 3 N–H and O–H groups in total. The first-order chi connectivity index (χ1) is 9.56. The number of primary amides is 1. The van der Waals surface area contributed by atoms with Crippen LogP contribution in [0.15, 0.2) is 24.3 Å². The number of nitrogens with one attached hydrogen (secondary N) is 1. The average molecular weight is 275 g/mol. The van der Waals surface area contributed by atoms with E-state index in [9.17, 15) is 9.59 Å². The lowest BCUT2D eigenvalue weighted by Gasteiger charge is -2.19. The molecule has 0 saturated carbocycles. The van der Waals surface area contributed by atoms with E-state index in [0.717, 1.165) is 25.1 Å². The minimum atomic E-state index is -0.435. The fraction of sp³-hybridized carbons (Fsp3) is 0.467. The number of nitrogens with two attached hydrogens (primary N) is 1. The first kappa shape index (κ1) is 14.5. The predicted octanol–water partition coefficient (Wildman–Crippen LogP) is 0.744. The van der Waals surface area contributed by atoms with Gasteiger partial charge in [0, 0.05) is 25.6 Å². The Morgan fingerprint density at radius 1 is 1.35 bits per heavy atom. The molecule has 2 rings (SSSR count). The highest BCUT2D eigenvalue weighted by Gasteiger charge is 2.20. The molecule has 5 nitrogen and oxygen atoms in total. The van der Waals surface area contributed by atoms with E-state index in [1.807, 2.05) is 19.2 Å². The van der Waals surface area contributed by atoms with Gasteiger partial charge in [-0.3, -0.25) is 9.59 Å². The first-order valence-electron chi connectivity index (χ1n) is 6.89. The standard InChI is InChI=1S/C15H21N3O2/c1-18(14(19)8-12-6-7-17-9-12)10-11-2-4-13(5-3-11)15(16)20/h2-5,12,17H,6-10H2,1H3,(H2,16,20). The topological polar surface area (TPSA) is 75.4 Å². The Bertz CT molecular complexity index is 478. The number of benzene rings is 1. The minimum Gasteiger partial charge on any atom is -0.366 e. The molecule has 1 aromatic rings. The molecule has 20 heavy (non-hydrogen) atoms. The molecular formula is C15H21N3O2. The van der Waals surface area contributed by atoms with Crippen molar-refractivity contribution in [3.63, 3.8) is 0 Å². The molecule has 2 amide bonds. The normalized spacial score (nSPS) is 17.9. The van der Waals surface area contributed by atoms with Crippen LogP contribution in [0.4, 0.5) is 0 Å². The quantitative estimate of drug-likeness (QED) is 0.832. The van der Waals surface area contributed by atoms with Crippen LogP contribution in [0.5, 0.6) is 0 Å². The first-order valence-corrected chi connectivity index (χ1v) is 6.89. The van der Waals surface area contributed by atoms with Crippen molar-refractivity contribution in [3.8, 4) is 0 Å². The summed E-state index contributed by atoms with van der Waals surface area (Å²) in [5.41, 5.74) is 6.68. The van der Waals surface area contributed by atoms with Gasteiger partial charge in [-0.2, -0.15) is 0 Å². The van der Waals surface area contributed by atoms with Crippen LogP contribution < -0.4 is 11.1 Å². The van der Waals surface area contributed by atoms with Gasteiger partial charge in [-0.05, 0) is 43.1 Å². The Labute approximate surface area is 119 Å². The molecule has 1 heterocycles. The zero-order chi connectivity index (χ0) is 14.5. The molecular weight excluding hydrogens is 254 g/mol. The number of carbonyl (C=O) groups is 2. The average Bonchev–Trinajstić information content (AvgIpc) is 2.92. The second kappa shape index (κ2) is 6.52. The van der Waals surface area contributed by atoms with E-state index in [1.54, 1.807) is 17.0 Å². The Morgan fingerprint density at radius 3 is 2.60 bits per heavy atom. The van der Waals surface area contributed by atoms with E-state index in [0.29, 0.717) is 24.4 Å². The maximum atomic E-state index is 12.1. The number of hydrogen-bond donors (Lipinski definition) is 2. The van der Waals surface area contributed by atoms with Crippen molar-refractivity contribution in [2.45, 2.75) is 19.4 Å². The van der Waals surface area contributed by atoms with Crippen molar-refractivity contribution in [2.24, 2.45) is 11.7 Å². The van der Waals surface area contributed by atoms with Crippen molar-refractivity contribution in [1.29, 1.82) is 0 Å². The molecule has 0 spiro atoms. The van der Waals surface area contributed by atoms with E-state index >= 15 is 0 Å². The van der Waals surface area contributed by atoms with Gasteiger partial charge < -0.3 is 16.0 Å². The van der Waals surface area contributed by atoms with Gasteiger partial charge in [-0.25, -0.2) is 0 Å². The summed E-state index contributed by atoms with van der Waals surface area (Å²) in [6, 6.07) is 7.05. The van der Waals surface area contributed by atoms with Gasteiger partial charge in [0.15, 0.2) is 0 Å². The molecule has 1 aromatic carbocycles. The molecule has 1 fully saturated rings.